The summed E-state index contributed by atoms with van der Waals surface area (Å²) in [5, 5.41) is 11.2. The van der Waals surface area contributed by atoms with Crippen LogP contribution in [-0.4, -0.2) is 77.5 Å². The van der Waals surface area contributed by atoms with Crippen LogP contribution in [0, 0.1) is 34.5 Å². The molecule has 0 aromatic carbocycles. The van der Waals surface area contributed by atoms with Crippen LogP contribution in [0.15, 0.2) is 12.7 Å². The molecule has 216 valence electrons. The highest BCUT2D eigenvalue weighted by molar-refractivity contribution is 5.66. The Morgan fingerprint density at radius 2 is 1.76 bits per heavy atom. The van der Waals surface area contributed by atoms with Crippen LogP contribution in [0.25, 0.3) is 0 Å². The molecule has 4 saturated carbocycles. The van der Waals surface area contributed by atoms with E-state index in [0.717, 1.165) is 29.3 Å². The average Bonchev–Trinajstić information content (AvgIpc) is 3.60. The summed E-state index contributed by atoms with van der Waals surface area (Å²) in [6.45, 7) is 16.7. The second-order valence-electron chi connectivity index (χ2n) is 14.7. The summed E-state index contributed by atoms with van der Waals surface area (Å²) < 4.78 is 7.45. The minimum Gasteiger partial charge on any atom is -1.00 e. The number of halogens is 1. The van der Waals surface area contributed by atoms with Gasteiger partial charge in [-0.05, 0) is 99.6 Å². The van der Waals surface area contributed by atoms with Crippen molar-refractivity contribution in [1.82, 2.24) is 4.90 Å². The summed E-state index contributed by atoms with van der Waals surface area (Å²) >= 11 is 0. The first-order valence-corrected chi connectivity index (χ1v) is 15.8. The predicted molar refractivity (Wildman–Crippen MR) is 147 cm³/mol. The Hall–Kier alpha value is -0.430. The molecule has 0 amide bonds. The van der Waals surface area contributed by atoms with Crippen LogP contribution in [0.4, 0.5) is 0 Å². The Morgan fingerprint density at radius 3 is 2.42 bits per heavy atom. The van der Waals surface area contributed by atoms with Crippen molar-refractivity contribution in [3.63, 3.8) is 0 Å². The van der Waals surface area contributed by atoms with E-state index in [9.17, 15) is 9.90 Å². The van der Waals surface area contributed by atoms with Gasteiger partial charge in [0, 0.05) is 37.6 Å². The summed E-state index contributed by atoms with van der Waals surface area (Å²) in [5.41, 5.74) is 0.408. The van der Waals surface area contributed by atoms with Crippen molar-refractivity contribution >= 4 is 5.97 Å². The summed E-state index contributed by atoms with van der Waals surface area (Å²) in [6, 6.07) is 0.765. The summed E-state index contributed by atoms with van der Waals surface area (Å²) in [6.07, 6.45) is 15.6. The topological polar surface area (TPSA) is 49.8 Å². The van der Waals surface area contributed by atoms with Gasteiger partial charge in [0.25, 0.3) is 0 Å². The number of likely N-dealkylation sites (tertiary alicyclic amines) is 2. The fraction of sp³-hybridized carbons (Fsp3) is 0.906. The Morgan fingerprint density at radius 1 is 1.05 bits per heavy atom. The van der Waals surface area contributed by atoms with E-state index in [1.165, 1.54) is 90.4 Å². The summed E-state index contributed by atoms with van der Waals surface area (Å²) in [7, 11) is 0. The third-order valence-electron chi connectivity index (χ3n) is 13.2. The standard InChI is InChI=1S/C32H53N2O3.BrH/c1-5-16-34(17-8-9-18-34)28-20-26-24-11-10-23-19-29(36)27(33-14-6-7-15-33)21-32(23,4)25(24)12-13-31(26,3)30(28)37-22(2)35;/h5,23-30,36H,1,6-21H2,2-4H3;1H/q+1;/p-1. The number of carbonyl (C=O) groups is 1. The molecule has 0 aromatic heterocycles. The monoisotopic (exact) mass is 592 g/mol. The predicted octanol–water partition coefficient (Wildman–Crippen LogP) is 2.18. The number of nitrogens with zero attached hydrogens (tertiary/aromatic N) is 2. The molecule has 4 aliphatic carbocycles. The number of aliphatic hydroxyl groups is 1. The Bertz CT molecular complexity index is 886. The Balaban J connectivity index is 0.00000294. The summed E-state index contributed by atoms with van der Waals surface area (Å²) in [5.74, 6) is 2.66. The van der Waals surface area contributed by atoms with Crippen LogP contribution < -0.4 is 17.0 Å². The quantitative estimate of drug-likeness (QED) is 0.302. The van der Waals surface area contributed by atoms with Crippen molar-refractivity contribution in [3.05, 3.63) is 12.7 Å². The van der Waals surface area contributed by atoms with Crippen LogP contribution in [0.2, 0.25) is 0 Å². The second-order valence-corrected chi connectivity index (χ2v) is 14.7. The fourth-order valence-corrected chi connectivity index (χ4v) is 11.5. The van der Waals surface area contributed by atoms with Gasteiger partial charge in [0.05, 0.1) is 25.7 Å². The maximum absolute atomic E-state index is 12.5. The first-order chi connectivity index (χ1) is 17.7. The zero-order valence-electron chi connectivity index (χ0n) is 24.3. The minimum absolute atomic E-state index is 0. The van der Waals surface area contributed by atoms with Crippen LogP contribution >= 0.6 is 0 Å². The van der Waals surface area contributed by atoms with Crippen LogP contribution in [0.3, 0.4) is 0 Å². The van der Waals surface area contributed by atoms with E-state index in [2.05, 4.69) is 31.4 Å². The molecule has 2 aliphatic heterocycles. The van der Waals surface area contributed by atoms with Crippen LogP contribution in [0.1, 0.15) is 91.4 Å². The molecular weight excluding hydrogens is 540 g/mol. The molecule has 0 radical (unpaired) electrons. The lowest BCUT2D eigenvalue weighted by molar-refractivity contribution is -0.937. The molecule has 0 aromatic rings. The van der Waals surface area contributed by atoms with Gasteiger partial charge in [-0.1, -0.05) is 20.4 Å². The summed E-state index contributed by atoms with van der Waals surface area (Å²) in [4.78, 5) is 15.1. The van der Waals surface area contributed by atoms with Crippen LogP contribution in [-0.2, 0) is 9.53 Å². The van der Waals surface area contributed by atoms with Crippen LogP contribution in [0.5, 0.6) is 0 Å². The number of rotatable bonds is 5. The third kappa shape index (κ3) is 4.47. The molecule has 38 heavy (non-hydrogen) atoms. The van der Waals surface area contributed by atoms with E-state index < -0.39 is 0 Å². The molecule has 10 atom stereocenters. The van der Waals surface area contributed by atoms with Crippen molar-refractivity contribution in [2.45, 2.75) is 116 Å². The van der Waals surface area contributed by atoms with E-state index in [1.807, 2.05) is 0 Å². The molecule has 0 spiro atoms. The van der Waals surface area contributed by atoms with E-state index in [-0.39, 0.29) is 40.6 Å². The highest BCUT2D eigenvalue weighted by atomic mass is 79.9. The van der Waals surface area contributed by atoms with Gasteiger partial charge >= 0.3 is 5.97 Å². The molecule has 2 saturated heterocycles. The molecular formula is C32H53BrN2O3. The number of fused-ring (bicyclic) bond motifs is 5. The maximum Gasteiger partial charge on any atom is 0.303 e. The van der Waals surface area contributed by atoms with Gasteiger partial charge in [0.15, 0.2) is 6.10 Å². The molecule has 1 N–H and O–H groups in total. The number of carbonyl (C=O) groups excluding carboxylic acids is 1. The highest BCUT2D eigenvalue weighted by Gasteiger charge is 2.67. The number of ether oxygens (including phenoxy) is 1. The van der Waals surface area contributed by atoms with Crippen molar-refractivity contribution < 1.29 is 36.1 Å². The lowest BCUT2D eigenvalue weighted by Gasteiger charge is -2.62. The number of hydrogen-bond acceptors (Lipinski definition) is 4. The van der Waals surface area contributed by atoms with Crippen molar-refractivity contribution in [1.29, 1.82) is 0 Å². The number of aliphatic hydroxyl groups excluding tert-OH is 1. The fourth-order valence-electron chi connectivity index (χ4n) is 11.5. The molecule has 10 unspecified atom stereocenters. The van der Waals surface area contributed by atoms with Crippen molar-refractivity contribution in [2.75, 3.05) is 32.7 Å². The van der Waals surface area contributed by atoms with E-state index in [1.54, 1.807) is 6.92 Å². The lowest BCUT2D eigenvalue weighted by Crippen LogP contribution is -3.00. The van der Waals surface area contributed by atoms with Gasteiger partial charge in [0.1, 0.15) is 6.04 Å². The number of quaternary nitrogens is 1. The first kappa shape index (κ1) is 29.1. The molecule has 6 fully saturated rings. The van der Waals surface area contributed by atoms with Gasteiger partial charge in [-0.2, -0.15) is 0 Å². The van der Waals surface area contributed by atoms with E-state index in [4.69, 9.17) is 4.74 Å². The minimum atomic E-state index is -0.149. The van der Waals surface area contributed by atoms with Crippen molar-refractivity contribution in [3.8, 4) is 0 Å². The maximum atomic E-state index is 12.5. The second kappa shape index (κ2) is 10.8. The SMILES string of the molecule is C=CC[N+]1(C2CC3C4CCC5CC(O)C(N6CCCC6)CC5(C)C4CCC3(C)C2OC(C)=O)CCCC1.[Br-]. The van der Waals surface area contributed by atoms with Gasteiger partial charge in [-0.15, -0.1) is 0 Å². The molecule has 6 aliphatic rings. The average molecular weight is 594 g/mol. The normalized spacial score (nSPS) is 47.9. The molecule has 6 rings (SSSR count). The molecule has 0 bridgehead atoms. The Labute approximate surface area is 242 Å². The molecule has 6 heteroatoms. The zero-order chi connectivity index (χ0) is 26.0. The molecule has 5 nitrogen and oxygen atoms in total. The zero-order valence-corrected chi connectivity index (χ0v) is 25.8. The number of esters is 1. The largest absolute Gasteiger partial charge is 1.00 e. The highest BCUT2D eigenvalue weighted by Crippen LogP contribution is 2.67. The third-order valence-corrected chi connectivity index (χ3v) is 13.2. The van der Waals surface area contributed by atoms with Gasteiger partial charge in [0.2, 0.25) is 0 Å². The van der Waals surface area contributed by atoms with E-state index in [0.29, 0.717) is 29.3 Å². The Kier molecular flexibility index (Phi) is 8.23. The number of hydrogen-bond donors (Lipinski definition) is 1. The first-order valence-electron chi connectivity index (χ1n) is 15.8. The van der Waals surface area contributed by atoms with Gasteiger partial charge in [-0.3, -0.25) is 9.69 Å². The molecule has 2 heterocycles. The van der Waals surface area contributed by atoms with Gasteiger partial charge < -0.3 is 31.3 Å². The van der Waals surface area contributed by atoms with Crippen molar-refractivity contribution in [2.24, 2.45) is 34.5 Å². The smallest absolute Gasteiger partial charge is 0.303 e. The van der Waals surface area contributed by atoms with Gasteiger partial charge in [-0.25, -0.2) is 0 Å². The lowest BCUT2D eigenvalue weighted by atomic mass is 9.44. The van der Waals surface area contributed by atoms with E-state index >= 15 is 0 Å².